The van der Waals surface area contributed by atoms with Crippen molar-refractivity contribution in [2.45, 2.75) is 124 Å². The molecule has 0 bridgehead atoms. The molecule has 0 unspecified atom stereocenters. The highest BCUT2D eigenvalue weighted by molar-refractivity contribution is 7.38. The molecule has 0 aliphatic rings. The van der Waals surface area contributed by atoms with E-state index in [0.29, 0.717) is 11.1 Å². The van der Waals surface area contributed by atoms with E-state index in [2.05, 4.69) is 96.9 Å². The standard InChI is InChI=1S/C35H56O4.H3O3P/c1-22-26(30(3,4)5)15-24(16-27(22)31(6,7)8)35(39,34(19-36,20-37)21-38)25-17-28(32(9,10)11)23(2)29(18-25)33(12,13)14;1-4(2)3/h15-18,36-39H,19-21H2,1-14H3;1-3H. The average molecular weight is 623 g/mol. The van der Waals surface area contributed by atoms with Crippen molar-refractivity contribution in [3.05, 3.63) is 68.8 Å². The van der Waals surface area contributed by atoms with Gasteiger partial charge in [-0.2, -0.15) is 0 Å². The van der Waals surface area contributed by atoms with Gasteiger partial charge >= 0.3 is 8.60 Å². The fraction of sp³-hybridized carbons (Fsp3) is 0.657. The van der Waals surface area contributed by atoms with Gasteiger partial charge < -0.3 is 35.1 Å². The van der Waals surface area contributed by atoms with E-state index in [4.69, 9.17) is 14.7 Å². The fourth-order valence-corrected chi connectivity index (χ4v) is 6.23. The SMILES string of the molecule is Cc1c(C(C)(C)C)cc(C(O)(c2cc(C(C)(C)C)c(C)c(C(C)(C)C)c2)C(CO)(CO)CO)cc1C(C)(C)C.OP(O)O. The van der Waals surface area contributed by atoms with Gasteiger partial charge in [0.15, 0.2) is 0 Å². The zero-order valence-corrected chi connectivity index (χ0v) is 29.9. The first-order valence-electron chi connectivity index (χ1n) is 14.9. The molecule has 0 radical (unpaired) electrons. The van der Waals surface area contributed by atoms with Gasteiger partial charge in [-0.25, -0.2) is 0 Å². The van der Waals surface area contributed by atoms with Crippen LogP contribution in [0.1, 0.15) is 128 Å². The van der Waals surface area contributed by atoms with E-state index in [9.17, 15) is 20.4 Å². The molecule has 0 amide bonds. The largest absolute Gasteiger partial charge is 0.395 e. The Morgan fingerprint density at radius 3 is 0.814 bits per heavy atom. The lowest BCUT2D eigenvalue weighted by Crippen LogP contribution is -2.54. The van der Waals surface area contributed by atoms with Gasteiger partial charge in [-0.15, -0.1) is 0 Å². The van der Waals surface area contributed by atoms with Crippen LogP contribution in [0.25, 0.3) is 0 Å². The zero-order chi connectivity index (χ0) is 34.1. The summed E-state index contributed by atoms with van der Waals surface area (Å²) in [5.74, 6) is 0. The monoisotopic (exact) mass is 622 g/mol. The predicted octanol–water partition coefficient (Wildman–Crippen LogP) is 5.88. The van der Waals surface area contributed by atoms with Gasteiger partial charge in [0.1, 0.15) is 5.60 Å². The normalized spacial score (nSPS) is 13.7. The molecule has 246 valence electrons. The van der Waals surface area contributed by atoms with Gasteiger partial charge in [-0.3, -0.25) is 0 Å². The molecule has 0 spiro atoms. The third-order valence-electron chi connectivity index (χ3n) is 8.56. The Morgan fingerprint density at radius 1 is 0.488 bits per heavy atom. The molecule has 0 atom stereocenters. The molecule has 8 heteroatoms. The molecule has 0 aromatic heterocycles. The molecule has 2 aromatic rings. The minimum atomic E-state index is -2.62. The number of hydrogen-bond donors (Lipinski definition) is 7. The molecular formula is C35H59O7P. The third-order valence-corrected chi connectivity index (χ3v) is 8.56. The summed E-state index contributed by atoms with van der Waals surface area (Å²) >= 11 is 0. The van der Waals surface area contributed by atoms with Crippen molar-refractivity contribution in [1.82, 2.24) is 0 Å². The lowest BCUT2D eigenvalue weighted by molar-refractivity contribution is -0.136. The first kappa shape index (κ1) is 39.6. The molecular weight excluding hydrogens is 563 g/mol. The summed E-state index contributed by atoms with van der Waals surface area (Å²) in [7, 11) is -2.62. The Labute approximate surface area is 261 Å². The second-order valence-corrected chi connectivity index (χ2v) is 16.7. The van der Waals surface area contributed by atoms with Crippen LogP contribution >= 0.6 is 8.60 Å². The van der Waals surface area contributed by atoms with Crippen molar-refractivity contribution in [3.63, 3.8) is 0 Å². The number of hydrogen-bond acceptors (Lipinski definition) is 7. The molecule has 0 aliphatic heterocycles. The van der Waals surface area contributed by atoms with E-state index in [-0.39, 0.29) is 21.7 Å². The van der Waals surface area contributed by atoms with Crippen LogP contribution < -0.4 is 0 Å². The number of aliphatic hydroxyl groups is 4. The topological polar surface area (TPSA) is 142 Å². The van der Waals surface area contributed by atoms with Gasteiger partial charge in [-0.05, 0) is 80.0 Å². The van der Waals surface area contributed by atoms with Crippen LogP contribution in [0.15, 0.2) is 24.3 Å². The van der Waals surface area contributed by atoms with Gasteiger partial charge in [-0.1, -0.05) is 107 Å². The van der Waals surface area contributed by atoms with Crippen molar-refractivity contribution in [1.29, 1.82) is 0 Å². The number of aliphatic hydroxyl groups excluding tert-OH is 3. The lowest BCUT2D eigenvalue weighted by atomic mass is 9.62. The highest BCUT2D eigenvalue weighted by atomic mass is 31.2. The summed E-state index contributed by atoms with van der Waals surface area (Å²) in [4.78, 5) is 21.7. The number of rotatable bonds is 6. The molecule has 43 heavy (non-hydrogen) atoms. The maximum absolute atomic E-state index is 13.1. The van der Waals surface area contributed by atoms with Crippen LogP contribution in [0.2, 0.25) is 0 Å². The smallest absolute Gasteiger partial charge is 0.324 e. The van der Waals surface area contributed by atoms with Gasteiger partial charge in [0.25, 0.3) is 0 Å². The van der Waals surface area contributed by atoms with Crippen LogP contribution in [-0.2, 0) is 27.3 Å². The lowest BCUT2D eigenvalue weighted by Gasteiger charge is -2.47. The maximum atomic E-state index is 13.1. The Morgan fingerprint density at radius 2 is 0.674 bits per heavy atom. The Hall–Kier alpha value is -1.41. The molecule has 0 saturated carbocycles. The average Bonchev–Trinajstić information content (AvgIpc) is 2.82. The van der Waals surface area contributed by atoms with Crippen LogP contribution in [-0.4, -0.2) is 54.9 Å². The number of benzene rings is 2. The van der Waals surface area contributed by atoms with E-state index >= 15 is 0 Å². The van der Waals surface area contributed by atoms with Crippen molar-refractivity contribution in [3.8, 4) is 0 Å². The van der Waals surface area contributed by atoms with Crippen LogP contribution in [0.3, 0.4) is 0 Å². The van der Waals surface area contributed by atoms with Gasteiger partial charge in [0.05, 0.1) is 25.2 Å². The molecule has 7 nitrogen and oxygen atoms in total. The summed E-state index contributed by atoms with van der Waals surface area (Å²) in [5, 5.41) is 45.5. The van der Waals surface area contributed by atoms with Crippen molar-refractivity contribution in [2.24, 2.45) is 5.41 Å². The van der Waals surface area contributed by atoms with Crippen LogP contribution in [0, 0.1) is 19.3 Å². The van der Waals surface area contributed by atoms with Crippen LogP contribution in [0.5, 0.6) is 0 Å². The fourth-order valence-electron chi connectivity index (χ4n) is 6.23. The highest BCUT2D eigenvalue weighted by Crippen LogP contribution is 2.50. The molecule has 2 rings (SSSR count). The molecule has 0 saturated heterocycles. The Bertz CT molecular complexity index is 1070. The first-order valence-corrected chi connectivity index (χ1v) is 16.1. The highest BCUT2D eigenvalue weighted by Gasteiger charge is 2.53. The van der Waals surface area contributed by atoms with Crippen molar-refractivity contribution in [2.75, 3.05) is 19.8 Å². The minimum absolute atomic E-state index is 0.221. The van der Waals surface area contributed by atoms with E-state index in [0.717, 1.165) is 22.3 Å². The molecule has 7 N–H and O–H groups in total. The first-order chi connectivity index (χ1) is 19.2. The maximum Gasteiger partial charge on any atom is 0.324 e. The van der Waals surface area contributed by atoms with Crippen LogP contribution in [0.4, 0.5) is 0 Å². The van der Waals surface area contributed by atoms with Gasteiger partial charge in [0, 0.05) is 0 Å². The second-order valence-electron chi connectivity index (χ2n) is 16.1. The second kappa shape index (κ2) is 13.5. The molecule has 0 heterocycles. The molecule has 2 aromatic carbocycles. The summed E-state index contributed by atoms with van der Waals surface area (Å²) in [6.45, 7) is 28.3. The quantitative estimate of drug-likeness (QED) is 0.200. The van der Waals surface area contributed by atoms with E-state index in [1.807, 2.05) is 24.3 Å². The minimum Gasteiger partial charge on any atom is -0.395 e. The van der Waals surface area contributed by atoms with Crippen molar-refractivity contribution >= 4 is 8.60 Å². The summed E-state index contributed by atoms with van der Waals surface area (Å²) < 4.78 is 0. The Balaban J connectivity index is 0.00000217. The molecule has 0 aliphatic carbocycles. The predicted molar refractivity (Wildman–Crippen MR) is 177 cm³/mol. The summed E-state index contributed by atoms with van der Waals surface area (Å²) in [6, 6.07) is 8.09. The third kappa shape index (κ3) is 8.45. The Kier molecular flexibility index (Phi) is 12.5. The van der Waals surface area contributed by atoms with E-state index in [1.165, 1.54) is 11.1 Å². The van der Waals surface area contributed by atoms with E-state index in [1.54, 1.807) is 0 Å². The zero-order valence-electron chi connectivity index (χ0n) is 29.0. The summed E-state index contributed by atoms with van der Waals surface area (Å²) in [6.07, 6.45) is 0. The summed E-state index contributed by atoms with van der Waals surface area (Å²) in [5.41, 5.74) is 3.43. The van der Waals surface area contributed by atoms with E-state index < -0.39 is 39.4 Å². The van der Waals surface area contributed by atoms with Crippen molar-refractivity contribution < 1.29 is 35.1 Å². The van der Waals surface area contributed by atoms with Gasteiger partial charge in [0.2, 0.25) is 0 Å². The molecule has 0 fully saturated rings.